The molecule has 170 valence electrons. The Hall–Kier alpha value is -3.21. The molecular weight excluding hydrogens is 449 g/mol. The molecule has 3 aromatic rings. The summed E-state index contributed by atoms with van der Waals surface area (Å²) in [5, 5.41) is 9.39. The van der Waals surface area contributed by atoms with Crippen LogP contribution in [0.15, 0.2) is 24.3 Å². The van der Waals surface area contributed by atoms with Gasteiger partial charge in [-0.25, -0.2) is 9.50 Å². The molecule has 2 heterocycles. The molecular formula is C20H20ClF3N6O2. The van der Waals surface area contributed by atoms with Gasteiger partial charge < -0.3 is 10.6 Å². The molecule has 0 aliphatic carbocycles. The van der Waals surface area contributed by atoms with Crippen LogP contribution in [0.5, 0.6) is 0 Å². The van der Waals surface area contributed by atoms with Gasteiger partial charge in [0.15, 0.2) is 0 Å². The van der Waals surface area contributed by atoms with Crippen molar-refractivity contribution < 1.29 is 22.8 Å². The molecule has 0 saturated heterocycles. The minimum absolute atomic E-state index is 0.0980. The van der Waals surface area contributed by atoms with E-state index in [-0.39, 0.29) is 43.5 Å². The summed E-state index contributed by atoms with van der Waals surface area (Å²) in [7, 11) is 0. The summed E-state index contributed by atoms with van der Waals surface area (Å²) in [6.45, 7) is 3.72. The second kappa shape index (κ2) is 9.51. The molecule has 0 aliphatic rings. The van der Waals surface area contributed by atoms with Gasteiger partial charge >= 0.3 is 6.18 Å². The van der Waals surface area contributed by atoms with E-state index in [2.05, 4.69) is 25.7 Å². The average molecular weight is 469 g/mol. The second-order valence-electron chi connectivity index (χ2n) is 7.02. The van der Waals surface area contributed by atoms with Crippen molar-refractivity contribution in [2.24, 2.45) is 0 Å². The highest BCUT2D eigenvalue weighted by Gasteiger charge is 2.36. The Bertz CT molecular complexity index is 1140. The largest absolute Gasteiger partial charge is 0.453 e. The van der Waals surface area contributed by atoms with Crippen molar-refractivity contribution in [1.29, 1.82) is 0 Å². The molecule has 0 fully saturated rings. The summed E-state index contributed by atoms with van der Waals surface area (Å²) in [5.41, 5.74) is 2.01. The molecule has 0 aliphatic heterocycles. The zero-order valence-corrected chi connectivity index (χ0v) is 18.0. The number of benzene rings is 1. The average Bonchev–Trinajstić information content (AvgIpc) is 3.16. The third-order valence-corrected chi connectivity index (χ3v) is 5.00. The highest BCUT2D eigenvalue weighted by atomic mass is 35.5. The van der Waals surface area contributed by atoms with Crippen LogP contribution in [-0.4, -0.2) is 44.5 Å². The van der Waals surface area contributed by atoms with Gasteiger partial charge in [-0.3, -0.25) is 9.59 Å². The molecule has 1 aromatic carbocycles. The monoisotopic (exact) mass is 468 g/mol. The molecule has 2 amide bonds. The standard InChI is InChI=1S/C20H20ClF3N6O2/c1-11-15(12(2)30-19(27-11)28-18(29-30)20(22,23)24)7-8-16(31)25-9-10-26-17(32)13-3-5-14(21)6-4-13/h3-6H,7-10H2,1-2H3,(H,25,31)(H,26,32). The number of aryl methyl sites for hydroxylation is 2. The van der Waals surface area contributed by atoms with Gasteiger partial charge in [-0.05, 0) is 50.1 Å². The van der Waals surface area contributed by atoms with Crippen molar-refractivity contribution in [3.05, 3.63) is 57.6 Å². The van der Waals surface area contributed by atoms with E-state index < -0.39 is 12.0 Å². The summed E-state index contributed by atoms with van der Waals surface area (Å²) in [6, 6.07) is 6.41. The van der Waals surface area contributed by atoms with E-state index in [0.29, 0.717) is 27.5 Å². The molecule has 12 heteroatoms. The molecule has 0 atom stereocenters. The normalized spacial score (nSPS) is 11.6. The SMILES string of the molecule is Cc1nc2nc(C(F)(F)F)nn2c(C)c1CCC(=O)NCCNC(=O)c1ccc(Cl)cc1. The molecule has 0 unspecified atom stereocenters. The van der Waals surface area contributed by atoms with Crippen LogP contribution in [0, 0.1) is 13.8 Å². The van der Waals surface area contributed by atoms with Crippen molar-refractivity contribution in [3.8, 4) is 0 Å². The van der Waals surface area contributed by atoms with E-state index in [1.54, 1.807) is 38.1 Å². The maximum absolute atomic E-state index is 12.9. The van der Waals surface area contributed by atoms with Gasteiger partial charge in [0, 0.05) is 41.5 Å². The summed E-state index contributed by atoms with van der Waals surface area (Å²) in [4.78, 5) is 31.7. The van der Waals surface area contributed by atoms with Crippen LogP contribution in [0.4, 0.5) is 13.2 Å². The van der Waals surface area contributed by atoms with Crippen LogP contribution >= 0.6 is 11.6 Å². The third kappa shape index (κ3) is 5.52. The van der Waals surface area contributed by atoms with Gasteiger partial charge in [0.2, 0.25) is 5.91 Å². The lowest BCUT2D eigenvalue weighted by Crippen LogP contribution is -2.34. The first-order valence-corrected chi connectivity index (χ1v) is 10.0. The van der Waals surface area contributed by atoms with E-state index >= 15 is 0 Å². The molecule has 8 nitrogen and oxygen atoms in total. The van der Waals surface area contributed by atoms with E-state index in [1.165, 1.54) is 0 Å². The van der Waals surface area contributed by atoms with Crippen LogP contribution in [0.3, 0.4) is 0 Å². The first kappa shape index (κ1) is 23.5. The van der Waals surface area contributed by atoms with E-state index in [0.717, 1.165) is 4.52 Å². The van der Waals surface area contributed by atoms with E-state index in [4.69, 9.17) is 11.6 Å². The molecule has 0 radical (unpaired) electrons. The molecule has 0 spiro atoms. The van der Waals surface area contributed by atoms with Crippen LogP contribution in [-0.2, 0) is 17.4 Å². The Kier molecular flexibility index (Phi) is 6.97. The minimum Gasteiger partial charge on any atom is -0.354 e. The summed E-state index contributed by atoms with van der Waals surface area (Å²) >= 11 is 5.78. The number of hydrogen-bond donors (Lipinski definition) is 2. The van der Waals surface area contributed by atoms with Crippen molar-refractivity contribution in [2.45, 2.75) is 32.9 Å². The lowest BCUT2D eigenvalue weighted by molar-refractivity contribution is -0.144. The summed E-state index contributed by atoms with van der Waals surface area (Å²) < 4.78 is 39.7. The van der Waals surface area contributed by atoms with E-state index in [9.17, 15) is 22.8 Å². The Morgan fingerprint density at radius 1 is 1.06 bits per heavy atom. The molecule has 2 aromatic heterocycles. The number of hydrogen-bond acceptors (Lipinski definition) is 5. The van der Waals surface area contributed by atoms with Gasteiger partial charge in [-0.2, -0.15) is 18.2 Å². The maximum atomic E-state index is 12.9. The second-order valence-corrected chi connectivity index (χ2v) is 7.46. The van der Waals surface area contributed by atoms with Crippen LogP contribution in [0.1, 0.15) is 39.6 Å². The van der Waals surface area contributed by atoms with Crippen molar-refractivity contribution in [1.82, 2.24) is 30.2 Å². The van der Waals surface area contributed by atoms with Gasteiger partial charge in [0.1, 0.15) is 0 Å². The third-order valence-electron chi connectivity index (χ3n) is 4.74. The molecule has 2 N–H and O–H groups in total. The highest BCUT2D eigenvalue weighted by Crippen LogP contribution is 2.27. The van der Waals surface area contributed by atoms with Gasteiger partial charge in [-0.1, -0.05) is 11.6 Å². The van der Waals surface area contributed by atoms with Crippen molar-refractivity contribution >= 4 is 29.2 Å². The number of nitrogens with one attached hydrogen (secondary N) is 2. The maximum Gasteiger partial charge on any atom is 0.453 e. The topological polar surface area (TPSA) is 101 Å². The van der Waals surface area contributed by atoms with Crippen molar-refractivity contribution in [3.63, 3.8) is 0 Å². The van der Waals surface area contributed by atoms with Crippen LogP contribution < -0.4 is 10.6 Å². The molecule has 32 heavy (non-hydrogen) atoms. The number of rotatable bonds is 7. The first-order chi connectivity index (χ1) is 15.1. The zero-order valence-electron chi connectivity index (χ0n) is 17.3. The molecule has 3 rings (SSSR count). The van der Waals surface area contributed by atoms with Crippen LogP contribution in [0.25, 0.3) is 5.78 Å². The Morgan fingerprint density at radius 3 is 2.38 bits per heavy atom. The lowest BCUT2D eigenvalue weighted by Gasteiger charge is -2.11. The van der Waals surface area contributed by atoms with Crippen LogP contribution in [0.2, 0.25) is 5.02 Å². The first-order valence-electron chi connectivity index (χ1n) is 9.67. The number of amides is 2. The number of carbonyl (C=O) groups excluding carboxylic acids is 2. The quantitative estimate of drug-likeness (QED) is 0.519. The van der Waals surface area contributed by atoms with Gasteiger partial charge in [0.25, 0.3) is 17.5 Å². The summed E-state index contributed by atoms with van der Waals surface area (Å²) in [5.74, 6) is -1.95. The number of carbonyl (C=O) groups is 2. The predicted molar refractivity (Wildman–Crippen MR) is 110 cm³/mol. The lowest BCUT2D eigenvalue weighted by atomic mass is 10.1. The van der Waals surface area contributed by atoms with Crippen molar-refractivity contribution in [2.75, 3.05) is 13.1 Å². The predicted octanol–water partition coefficient (Wildman–Crippen LogP) is 2.89. The fourth-order valence-corrected chi connectivity index (χ4v) is 3.22. The van der Waals surface area contributed by atoms with E-state index in [1.807, 2.05) is 0 Å². The number of alkyl halides is 3. The zero-order chi connectivity index (χ0) is 23.5. The molecule has 0 bridgehead atoms. The number of nitrogens with zero attached hydrogens (tertiary/aromatic N) is 4. The number of fused-ring (bicyclic) bond motifs is 1. The Labute approximate surface area is 186 Å². The minimum atomic E-state index is -4.67. The fourth-order valence-electron chi connectivity index (χ4n) is 3.10. The Morgan fingerprint density at radius 2 is 1.72 bits per heavy atom. The highest BCUT2D eigenvalue weighted by molar-refractivity contribution is 6.30. The van der Waals surface area contributed by atoms with Gasteiger partial charge in [-0.15, -0.1) is 5.10 Å². The van der Waals surface area contributed by atoms with Gasteiger partial charge in [0.05, 0.1) is 0 Å². The smallest absolute Gasteiger partial charge is 0.354 e. The Balaban J connectivity index is 1.52. The number of halogens is 4. The fraction of sp³-hybridized carbons (Fsp3) is 0.350. The summed E-state index contributed by atoms with van der Waals surface area (Å²) in [6.07, 6.45) is -4.30. The molecule has 0 saturated carbocycles. The number of aromatic nitrogens is 4.